The Bertz CT molecular complexity index is 836. The monoisotopic (exact) mass is 315 g/mol. The summed E-state index contributed by atoms with van der Waals surface area (Å²) in [5, 5.41) is 10.2. The predicted molar refractivity (Wildman–Crippen MR) is 85.2 cm³/mol. The zero-order chi connectivity index (χ0) is 15.7. The molecule has 2 aromatic heterocycles. The molecule has 5 nitrogen and oxygen atoms in total. The first-order valence-corrected chi connectivity index (χ1v) is 7.10. The fourth-order valence-corrected chi connectivity index (χ4v) is 2.23. The van der Waals surface area contributed by atoms with Gasteiger partial charge in [-0.3, -0.25) is 9.89 Å². The number of aromatic amines is 1. The summed E-state index contributed by atoms with van der Waals surface area (Å²) in [7, 11) is 0. The van der Waals surface area contributed by atoms with E-state index in [1.165, 1.54) is 0 Å². The predicted octanol–water partition coefficient (Wildman–Crippen LogP) is 4.19. The molecule has 1 aromatic carbocycles. The van der Waals surface area contributed by atoms with Crippen molar-refractivity contribution in [3.8, 4) is 11.5 Å². The highest BCUT2D eigenvalue weighted by atomic mass is 35.5. The van der Waals surface area contributed by atoms with Crippen LogP contribution in [-0.2, 0) is 0 Å². The molecule has 0 atom stereocenters. The first kappa shape index (κ1) is 14.4. The molecule has 22 heavy (non-hydrogen) atoms. The van der Waals surface area contributed by atoms with Gasteiger partial charge in [-0.15, -0.1) is 0 Å². The molecule has 0 saturated carbocycles. The van der Waals surface area contributed by atoms with Crippen molar-refractivity contribution in [2.75, 3.05) is 5.32 Å². The Labute approximate surface area is 132 Å². The van der Waals surface area contributed by atoms with Gasteiger partial charge in [-0.1, -0.05) is 17.7 Å². The second-order valence-corrected chi connectivity index (χ2v) is 5.43. The van der Waals surface area contributed by atoms with Crippen LogP contribution in [0.3, 0.4) is 0 Å². The molecule has 0 spiro atoms. The number of nitrogens with one attached hydrogen (secondary N) is 2. The fraction of sp³-hybridized carbons (Fsp3) is 0.125. The van der Waals surface area contributed by atoms with Crippen LogP contribution in [0.2, 0.25) is 5.02 Å². The molecule has 1 amide bonds. The standard InChI is InChI=1S/C16H14ClN3O2/c1-9-3-5-11(17)7-12(9)18-16(21)14-8-13(19-20-14)15-6-4-10(2)22-15/h3-8H,1-2H3,(H,18,21)(H,19,20). The molecule has 0 saturated heterocycles. The number of aromatic nitrogens is 2. The number of H-pyrrole nitrogens is 1. The largest absolute Gasteiger partial charge is 0.460 e. The molecule has 0 aliphatic rings. The molecule has 0 unspecified atom stereocenters. The van der Waals surface area contributed by atoms with Gasteiger partial charge in [-0.05, 0) is 43.7 Å². The van der Waals surface area contributed by atoms with Crippen molar-refractivity contribution in [1.29, 1.82) is 0 Å². The van der Waals surface area contributed by atoms with Crippen molar-refractivity contribution >= 4 is 23.2 Å². The van der Waals surface area contributed by atoms with Crippen molar-refractivity contribution < 1.29 is 9.21 Å². The van der Waals surface area contributed by atoms with Gasteiger partial charge in [0, 0.05) is 16.8 Å². The zero-order valence-corrected chi connectivity index (χ0v) is 12.9. The molecule has 2 N–H and O–H groups in total. The van der Waals surface area contributed by atoms with Crippen LogP contribution >= 0.6 is 11.6 Å². The lowest BCUT2D eigenvalue weighted by atomic mass is 10.2. The van der Waals surface area contributed by atoms with E-state index >= 15 is 0 Å². The molecule has 0 aliphatic heterocycles. The average molecular weight is 316 g/mol. The summed E-state index contributed by atoms with van der Waals surface area (Å²) in [5.41, 5.74) is 2.52. The van der Waals surface area contributed by atoms with Crippen molar-refractivity contribution in [2.24, 2.45) is 0 Å². The number of amides is 1. The van der Waals surface area contributed by atoms with E-state index < -0.39 is 0 Å². The number of hydrogen-bond donors (Lipinski definition) is 2. The Hall–Kier alpha value is -2.53. The van der Waals surface area contributed by atoms with Gasteiger partial charge in [-0.25, -0.2) is 0 Å². The van der Waals surface area contributed by atoms with E-state index in [4.69, 9.17) is 16.0 Å². The molecule has 0 fully saturated rings. The molecule has 3 aromatic rings. The van der Waals surface area contributed by atoms with Gasteiger partial charge in [0.05, 0.1) is 0 Å². The summed E-state index contributed by atoms with van der Waals surface area (Å²) in [6.07, 6.45) is 0. The Morgan fingerprint density at radius 2 is 2.05 bits per heavy atom. The van der Waals surface area contributed by atoms with Crippen LogP contribution in [0.15, 0.2) is 40.8 Å². The SMILES string of the molecule is Cc1ccc(-c2cc(C(=O)Nc3cc(Cl)ccc3C)n[nH]2)o1. The topological polar surface area (TPSA) is 70.9 Å². The lowest BCUT2D eigenvalue weighted by molar-refractivity contribution is 0.102. The number of hydrogen-bond acceptors (Lipinski definition) is 3. The Kier molecular flexibility index (Phi) is 3.73. The lowest BCUT2D eigenvalue weighted by Crippen LogP contribution is -2.13. The summed E-state index contributed by atoms with van der Waals surface area (Å²) in [5.74, 6) is 1.13. The molecule has 0 radical (unpaired) electrons. The summed E-state index contributed by atoms with van der Waals surface area (Å²) in [6.45, 7) is 3.75. The van der Waals surface area contributed by atoms with Gasteiger partial charge in [0.2, 0.25) is 0 Å². The maximum absolute atomic E-state index is 12.3. The number of anilines is 1. The molecule has 2 heterocycles. The van der Waals surface area contributed by atoms with Crippen molar-refractivity contribution in [3.63, 3.8) is 0 Å². The highest BCUT2D eigenvalue weighted by Crippen LogP contribution is 2.23. The number of furan rings is 1. The van der Waals surface area contributed by atoms with Gasteiger partial charge < -0.3 is 9.73 Å². The van der Waals surface area contributed by atoms with Crippen molar-refractivity contribution in [3.05, 3.63) is 58.4 Å². The summed E-state index contributed by atoms with van der Waals surface area (Å²) >= 11 is 5.95. The number of halogens is 1. The van der Waals surface area contributed by atoms with E-state index in [-0.39, 0.29) is 11.6 Å². The zero-order valence-electron chi connectivity index (χ0n) is 12.1. The van der Waals surface area contributed by atoms with Crippen LogP contribution in [0.1, 0.15) is 21.8 Å². The third kappa shape index (κ3) is 2.89. The third-order valence-electron chi connectivity index (χ3n) is 3.26. The number of aryl methyl sites for hydroxylation is 2. The molecular weight excluding hydrogens is 302 g/mol. The normalized spacial score (nSPS) is 10.7. The van der Waals surface area contributed by atoms with Gasteiger partial charge in [0.15, 0.2) is 11.5 Å². The number of benzene rings is 1. The average Bonchev–Trinajstić information content (AvgIpc) is 3.11. The Balaban J connectivity index is 1.81. The molecule has 112 valence electrons. The molecule has 3 rings (SSSR count). The molecule has 0 aliphatic carbocycles. The smallest absolute Gasteiger partial charge is 0.276 e. The summed E-state index contributed by atoms with van der Waals surface area (Å²) < 4.78 is 5.50. The minimum absolute atomic E-state index is 0.281. The van der Waals surface area contributed by atoms with Crippen LogP contribution in [0, 0.1) is 13.8 Å². The van der Waals surface area contributed by atoms with Crippen molar-refractivity contribution in [2.45, 2.75) is 13.8 Å². The van der Waals surface area contributed by atoms with E-state index in [1.54, 1.807) is 18.2 Å². The minimum atomic E-state index is -0.309. The van der Waals surface area contributed by atoms with Gasteiger partial charge in [-0.2, -0.15) is 5.10 Å². The second kappa shape index (κ2) is 5.69. The van der Waals surface area contributed by atoms with Crippen LogP contribution in [0.4, 0.5) is 5.69 Å². The van der Waals surface area contributed by atoms with Gasteiger partial charge >= 0.3 is 0 Å². The number of carbonyl (C=O) groups is 1. The van der Waals surface area contributed by atoms with Gasteiger partial charge in [0.25, 0.3) is 5.91 Å². The molecule has 6 heteroatoms. The van der Waals surface area contributed by atoms with E-state index in [2.05, 4.69) is 15.5 Å². The maximum atomic E-state index is 12.3. The third-order valence-corrected chi connectivity index (χ3v) is 3.50. The van der Waals surface area contributed by atoms with Gasteiger partial charge in [0.1, 0.15) is 11.5 Å². The molecule has 0 bridgehead atoms. The van der Waals surface area contributed by atoms with Crippen LogP contribution in [0.25, 0.3) is 11.5 Å². The first-order chi connectivity index (χ1) is 10.5. The number of nitrogens with zero attached hydrogens (tertiary/aromatic N) is 1. The number of rotatable bonds is 3. The highest BCUT2D eigenvalue weighted by molar-refractivity contribution is 6.31. The van der Waals surface area contributed by atoms with E-state index in [9.17, 15) is 4.79 Å². The van der Waals surface area contributed by atoms with E-state index in [0.717, 1.165) is 11.3 Å². The van der Waals surface area contributed by atoms with Crippen molar-refractivity contribution in [1.82, 2.24) is 10.2 Å². The minimum Gasteiger partial charge on any atom is -0.460 e. The van der Waals surface area contributed by atoms with E-state index in [1.807, 2.05) is 32.0 Å². The Morgan fingerprint density at radius 3 is 2.77 bits per heavy atom. The Morgan fingerprint density at radius 1 is 1.23 bits per heavy atom. The molecular formula is C16H14ClN3O2. The lowest BCUT2D eigenvalue weighted by Gasteiger charge is -2.07. The van der Waals surface area contributed by atoms with Crippen LogP contribution in [-0.4, -0.2) is 16.1 Å². The van der Waals surface area contributed by atoms with E-state index in [0.29, 0.717) is 22.2 Å². The fourth-order valence-electron chi connectivity index (χ4n) is 2.06. The quantitative estimate of drug-likeness (QED) is 0.761. The number of carbonyl (C=O) groups excluding carboxylic acids is 1. The maximum Gasteiger partial charge on any atom is 0.276 e. The van der Waals surface area contributed by atoms with Crippen LogP contribution in [0.5, 0.6) is 0 Å². The first-order valence-electron chi connectivity index (χ1n) is 6.72. The summed E-state index contributed by atoms with van der Waals surface area (Å²) in [6, 6.07) is 10.7. The highest BCUT2D eigenvalue weighted by Gasteiger charge is 2.14. The van der Waals surface area contributed by atoms with Crippen LogP contribution < -0.4 is 5.32 Å². The summed E-state index contributed by atoms with van der Waals surface area (Å²) in [4.78, 5) is 12.3. The second-order valence-electron chi connectivity index (χ2n) is 4.99.